The Morgan fingerprint density at radius 2 is 2.24 bits per heavy atom. The maximum Gasteiger partial charge on any atom is 0.231 e. The SMILES string of the molecule is N[C@H]1CCCC[C@@H]1c1nc(-c2cccs2)no1. The first-order chi connectivity index (χ1) is 8.34. The highest BCUT2D eigenvalue weighted by Gasteiger charge is 2.28. The number of hydrogen-bond acceptors (Lipinski definition) is 5. The summed E-state index contributed by atoms with van der Waals surface area (Å²) < 4.78 is 5.36. The first kappa shape index (κ1) is 10.9. The molecule has 1 fully saturated rings. The molecular formula is C12H15N3OS. The van der Waals surface area contributed by atoms with Crippen LogP contribution >= 0.6 is 11.3 Å². The predicted molar refractivity (Wildman–Crippen MR) is 66.8 cm³/mol. The Labute approximate surface area is 104 Å². The number of hydrogen-bond donors (Lipinski definition) is 1. The Morgan fingerprint density at radius 1 is 1.35 bits per heavy atom. The van der Waals surface area contributed by atoms with Crippen molar-refractivity contribution in [3.05, 3.63) is 23.4 Å². The van der Waals surface area contributed by atoms with Gasteiger partial charge in [0.25, 0.3) is 0 Å². The highest BCUT2D eigenvalue weighted by atomic mass is 32.1. The molecule has 0 spiro atoms. The summed E-state index contributed by atoms with van der Waals surface area (Å²) in [6.45, 7) is 0. The zero-order valence-corrected chi connectivity index (χ0v) is 10.3. The fourth-order valence-corrected chi connectivity index (χ4v) is 3.01. The van der Waals surface area contributed by atoms with E-state index in [1.54, 1.807) is 11.3 Å². The summed E-state index contributed by atoms with van der Waals surface area (Å²) in [5.41, 5.74) is 6.11. The van der Waals surface area contributed by atoms with E-state index in [2.05, 4.69) is 10.1 Å². The van der Waals surface area contributed by atoms with Gasteiger partial charge in [-0.1, -0.05) is 24.1 Å². The molecule has 2 N–H and O–H groups in total. The van der Waals surface area contributed by atoms with Crippen LogP contribution in [0.5, 0.6) is 0 Å². The molecule has 2 atom stereocenters. The maximum absolute atomic E-state index is 6.11. The normalized spacial score (nSPS) is 25.0. The van der Waals surface area contributed by atoms with E-state index in [0.717, 1.165) is 17.7 Å². The van der Waals surface area contributed by atoms with Gasteiger partial charge in [-0.15, -0.1) is 11.3 Å². The van der Waals surface area contributed by atoms with Gasteiger partial charge in [0, 0.05) is 6.04 Å². The maximum atomic E-state index is 6.11. The van der Waals surface area contributed by atoms with Gasteiger partial charge in [0.2, 0.25) is 11.7 Å². The minimum atomic E-state index is 0.167. The number of nitrogens with two attached hydrogens (primary N) is 1. The molecule has 0 bridgehead atoms. The summed E-state index contributed by atoms with van der Waals surface area (Å²) in [7, 11) is 0. The van der Waals surface area contributed by atoms with Crippen LogP contribution in [0.1, 0.15) is 37.5 Å². The molecule has 0 amide bonds. The van der Waals surface area contributed by atoms with Crippen LogP contribution in [0.2, 0.25) is 0 Å². The molecule has 0 unspecified atom stereocenters. The monoisotopic (exact) mass is 249 g/mol. The van der Waals surface area contributed by atoms with Gasteiger partial charge >= 0.3 is 0 Å². The summed E-state index contributed by atoms with van der Waals surface area (Å²) in [6, 6.07) is 4.16. The molecule has 1 aliphatic rings. The van der Waals surface area contributed by atoms with E-state index in [0.29, 0.717) is 11.7 Å². The first-order valence-electron chi connectivity index (χ1n) is 5.97. The lowest BCUT2D eigenvalue weighted by atomic mass is 9.85. The summed E-state index contributed by atoms with van der Waals surface area (Å²) in [4.78, 5) is 5.53. The second-order valence-electron chi connectivity index (χ2n) is 4.49. The van der Waals surface area contributed by atoms with Gasteiger partial charge in [0.1, 0.15) is 0 Å². The third-order valence-corrected chi connectivity index (χ3v) is 4.19. The van der Waals surface area contributed by atoms with Crippen LogP contribution in [-0.4, -0.2) is 16.2 Å². The number of rotatable bonds is 2. The molecule has 4 nitrogen and oxygen atoms in total. The molecule has 2 aromatic rings. The second kappa shape index (κ2) is 4.58. The van der Waals surface area contributed by atoms with Gasteiger partial charge in [-0.2, -0.15) is 4.98 Å². The van der Waals surface area contributed by atoms with E-state index in [9.17, 15) is 0 Å². The van der Waals surface area contributed by atoms with Gasteiger partial charge in [0.05, 0.1) is 10.8 Å². The Hall–Kier alpha value is -1.20. The van der Waals surface area contributed by atoms with Gasteiger partial charge in [-0.3, -0.25) is 0 Å². The third-order valence-electron chi connectivity index (χ3n) is 3.32. The van der Waals surface area contributed by atoms with Crippen molar-refractivity contribution >= 4 is 11.3 Å². The topological polar surface area (TPSA) is 64.9 Å². The van der Waals surface area contributed by atoms with Gasteiger partial charge in [-0.25, -0.2) is 0 Å². The minimum Gasteiger partial charge on any atom is -0.339 e. The average molecular weight is 249 g/mol. The van der Waals surface area contributed by atoms with Crippen molar-refractivity contribution in [2.24, 2.45) is 5.73 Å². The molecule has 0 saturated heterocycles. The summed E-state index contributed by atoms with van der Waals surface area (Å²) in [5.74, 6) is 1.64. The van der Waals surface area contributed by atoms with Crippen LogP contribution in [0, 0.1) is 0 Å². The van der Waals surface area contributed by atoms with Crippen LogP contribution in [0.4, 0.5) is 0 Å². The summed E-state index contributed by atoms with van der Waals surface area (Å²) >= 11 is 1.62. The van der Waals surface area contributed by atoms with Gasteiger partial charge in [0.15, 0.2) is 0 Å². The molecular weight excluding hydrogens is 234 g/mol. The number of nitrogens with zero attached hydrogens (tertiary/aromatic N) is 2. The third kappa shape index (κ3) is 2.12. The van der Waals surface area contributed by atoms with Crippen molar-refractivity contribution in [1.82, 2.24) is 10.1 Å². The second-order valence-corrected chi connectivity index (χ2v) is 5.44. The minimum absolute atomic E-state index is 0.167. The Morgan fingerprint density at radius 3 is 3.00 bits per heavy atom. The number of aromatic nitrogens is 2. The first-order valence-corrected chi connectivity index (χ1v) is 6.85. The lowest BCUT2D eigenvalue weighted by molar-refractivity contribution is 0.290. The molecule has 0 aliphatic heterocycles. The zero-order valence-electron chi connectivity index (χ0n) is 9.50. The van der Waals surface area contributed by atoms with Crippen LogP contribution < -0.4 is 5.73 Å². The van der Waals surface area contributed by atoms with Gasteiger partial charge in [-0.05, 0) is 24.3 Å². The zero-order chi connectivity index (χ0) is 11.7. The average Bonchev–Trinajstić information content (AvgIpc) is 3.00. The fourth-order valence-electron chi connectivity index (χ4n) is 2.36. The van der Waals surface area contributed by atoms with Crippen LogP contribution in [0.25, 0.3) is 10.7 Å². The molecule has 2 aromatic heterocycles. The highest BCUT2D eigenvalue weighted by molar-refractivity contribution is 7.13. The summed E-state index contributed by atoms with van der Waals surface area (Å²) in [6.07, 6.45) is 4.54. The molecule has 2 heterocycles. The van der Waals surface area contributed by atoms with E-state index >= 15 is 0 Å². The van der Waals surface area contributed by atoms with E-state index in [-0.39, 0.29) is 12.0 Å². The molecule has 17 heavy (non-hydrogen) atoms. The van der Waals surface area contributed by atoms with Crippen molar-refractivity contribution in [2.75, 3.05) is 0 Å². The van der Waals surface area contributed by atoms with Crippen molar-refractivity contribution in [3.63, 3.8) is 0 Å². The largest absolute Gasteiger partial charge is 0.339 e. The van der Waals surface area contributed by atoms with E-state index in [1.165, 1.54) is 12.8 Å². The van der Waals surface area contributed by atoms with Crippen molar-refractivity contribution < 1.29 is 4.52 Å². The van der Waals surface area contributed by atoms with Crippen LogP contribution in [0.3, 0.4) is 0 Å². The quantitative estimate of drug-likeness (QED) is 0.888. The molecule has 0 radical (unpaired) electrons. The van der Waals surface area contributed by atoms with Crippen molar-refractivity contribution in [3.8, 4) is 10.7 Å². The molecule has 0 aromatic carbocycles. The fraction of sp³-hybridized carbons (Fsp3) is 0.500. The van der Waals surface area contributed by atoms with Crippen LogP contribution in [0.15, 0.2) is 22.0 Å². The molecule has 1 saturated carbocycles. The van der Waals surface area contributed by atoms with E-state index in [1.807, 2.05) is 17.5 Å². The molecule has 1 aliphatic carbocycles. The summed E-state index contributed by atoms with van der Waals surface area (Å²) in [5, 5.41) is 6.05. The molecule has 90 valence electrons. The molecule has 3 rings (SSSR count). The smallest absolute Gasteiger partial charge is 0.231 e. The Bertz CT molecular complexity index is 480. The van der Waals surface area contributed by atoms with Crippen molar-refractivity contribution in [2.45, 2.75) is 37.6 Å². The van der Waals surface area contributed by atoms with Crippen molar-refractivity contribution in [1.29, 1.82) is 0 Å². The number of thiophene rings is 1. The van der Waals surface area contributed by atoms with Crippen LogP contribution in [-0.2, 0) is 0 Å². The lowest BCUT2D eigenvalue weighted by Gasteiger charge is -2.25. The van der Waals surface area contributed by atoms with E-state index in [4.69, 9.17) is 10.3 Å². The van der Waals surface area contributed by atoms with Gasteiger partial charge < -0.3 is 10.3 Å². The Balaban J connectivity index is 1.84. The standard InChI is InChI=1S/C12H15N3OS/c13-9-5-2-1-4-8(9)12-14-11(15-16-12)10-6-3-7-17-10/h3,6-9H,1-2,4-5,13H2/t8-,9-/m0/s1. The molecule has 5 heteroatoms. The lowest BCUT2D eigenvalue weighted by Crippen LogP contribution is -2.31. The predicted octanol–water partition coefficient (Wildman–Crippen LogP) is 2.78. The Kier molecular flexibility index (Phi) is 2.94. The van der Waals surface area contributed by atoms with E-state index < -0.39 is 0 Å². The highest BCUT2D eigenvalue weighted by Crippen LogP contribution is 2.32.